The van der Waals surface area contributed by atoms with Gasteiger partial charge in [0.1, 0.15) is 12.1 Å². The third-order valence-electron chi connectivity index (χ3n) is 3.72. The Kier molecular flexibility index (Phi) is 4.85. The monoisotopic (exact) mass is 356 g/mol. The Morgan fingerprint density at radius 1 is 0.720 bits per heavy atom. The molecule has 3 rings (SSSR count). The molecule has 0 fully saturated rings. The highest BCUT2D eigenvalue weighted by Crippen LogP contribution is 2.23. The lowest BCUT2D eigenvalue weighted by Gasteiger charge is -2.05. The number of nitrogens with zero attached hydrogens (tertiary/aromatic N) is 4. The number of nitro benzene ring substituents is 2. The van der Waals surface area contributed by atoms with Crippen LogP contribution in [0.15, 0.2) is 57.3 Å². The maximum atomic E-state index is 10.7. The lowest BCUT2D eigenvalue weighted by atomic mass is 10.00. The molecule has 25 heavy (non-hydrogen) atoms. The Hall–Kier alpha value is -3.07. The van der Waals surface area contributed by atoms with E-state index in [0.29, 0.717) is 12.8 Å². The predicted octanol–water partition coefficient (Wildman–Crippen LogP) is 4.14. The fourth-order valence-electron chi connectivity index (χ4n) is 2.39. The summed E-state index contributed by atoms with van der Waals surface area (Å²) < 4.78 is 8.71. The van der Waals surface area contributed by atoms with Crippen molar-refractivity contribution in [1.82, 2.24) is 0 Å². The topological polar surface area (TPSA) is 111 Å². The molecule has 0 saturated heterocycles. The van der Waals surface area contributed by atoms with Crippen molar-refractivity contribution in [3.8, 4) is 0 Å². The van der Waals surface area contributed by atoms with Gasteiger partial charge in [0, 0.05) is 24.3 Å². The number of benzene rings is 2. The fourth-order valence-corrected chi connectivity index (χ4v) is 3.02. The van der Waals surface area contributed by atoms with Gasteiger partial charge >= 0.3 is 0 Å². The molecule has 0 amide bonds. The molecular formula is C16H12N4O4S. The largest absolute Gasteiger partial charge is 0.269 e. The normalized spacial score (nSPS) is 14.2. The fraction of sp³-hybridized carbons (Fsp3) is 0.125. The molecule has 0 spiro atoms. The molecule has 0 atom stereocenters. The van der Waals surface area contributed by atoms with Crippen molar-refractivity contribution < 1.29 is 9.85 Å². The molecule has 126 valence electrons. The van der Waals surface area contributed by atoms with Crippen molar-refractivity contribution >= 4 is 34.9 Å². The second kappa shape index (κ2) is 7.22. The van der Waals surface area contributed by atoms with Crippen molar-refractivity contribution in [1.29, 1.82) is 0 Å². The molecule has 0 aliphatic carbocycles. The van der Waals surface area contributed by atoms with Crippen molar-refractivity contribution in [3.63, 3.8) is 0 Å². The van der Waals surface area contributed by atoms with E-state index in [1.807, 2.05) is 0 Å². The van der Waals surface area contributed by atoms with E-state index in [4.69, 9.17) is 0 Å². The summed E-state index contributed by atoms with van der Waals surface area (Å²) in [6.45, 7) is 0. The summed E-state index contributed by atoms with van der Waals surface area (Å²) in [5, 5.41) is 21.4. The Bertz CT molecular complexity index is 803. The van der Waals surface area contributed by atoms with Gasteiger partial charge in [0.15, 0.2) is 0 Å². The Labute approximate surface area is 146 Å². The van der Waals surface area contributed by atoms with Gasteiger partial charge in [-0.15, -0.1) is 0 Å². The smallest absolute Gasteiger partial charge is 0.258 e. The van der Waals surface area contributed by atoms with Crippen molar-refractivity contribution in [2.75, 3.05) is 0 Å². The first-order valence-electron chi connectivity index (χ1n) is 7.34. The molecule has 2 aromatic carbocycles. The first-order valence-corrected chi connectivity index (χ1v) is 8.07. The SMILES string of the molecule is O=[N+]([O-])c1ccc(C2=NSN=C(c3ccc([N+](=O)[O-])cc3)CC2)cc1. The van der Waals surface area contributed by atoms with E-state index >= 15 is 0 Å². The molecule has 1 aliphatic rings. The molecular weight excluding hydrogens is 344 g/mol. The van der Waals surface area contributed by atoms with Gasteiger partial charge in [0.05, 0.1) is 21.3 Å². The van der Waals surface area contributed by atoms with Crippen LogP contribution in [0.25, 0.3) is 0 Å². The zero-order valence-electron chi connectivity index (χ0n) is 12.9. The molecule has 2 aromatic rings. The molecule has 0 unspecified atom stereocenters. The van der Waals surface area contributed by atoms with E-state index in [0.717, 1.165) is 34.7 Å². The maximum absolute atomic E-state index is 10.7. The second-order valence-electron chi connectivity index (χ2n) is 5.27. The average Bonchev–Trinajstić information content (AvgIpc) is 2.88. The van der Waals surface area contributed by atoms with Crippen LogP contribution in [0.3, 0.4) is 0 Å². The summed E-state index contributed by atoms with van der Waals surface area (Å²) in [6.07, 6.45) is 1.25. The quantitative estimate of drug-likeness (QED) is 0.464. The van der Waals surface area contributed by atoms with Gasteiger partial charge in [-0.2, -0.15) is 8.80 Å². The summed E-state index contributed by atoms with van der Waals surface area (Å²) in [7, 11) is 0. The van der Waals surface area contributed by atoms with Crippen molar-refractivity contribution in [3.05, 3.63) is 79.9 Å². The first kappa shape index (κ1) is 16.8. The highest BCUT2D eigenvalue weighted by Gasteiger charge is 2.15. The Morgan fingerprint density at radius 3 is 1.40 bits per heavy atom. The van der Waals surface area contributed by atoms with Crippen LogP contribution in [0.4, 0.5) is 11.4 Å². The average molecular weight is 356 g/mol. The standard InChI is InChI=1S/C16H12N4O4S/c21-19(22)13-5-1-11(2-6-13)15-9-10-16(18-25-17-15)12-3-7-14(8-4-12)20(23)24/h1-8H,9-10H2. The maximum Gasteiger partial charge on any atom is 0.269 e. The molecule has 0 aromatic heterocycles. The Morgan fingerprint density at radius 2 is 1.08 bits per heavy atom. The van der Waals surface area contributed by atoms with Crippen LogP contribution in [-0.4, -0.2) is 21.3 Å². The van der Waals surface area contributed by atoms with E-state index in [1.54, 1.807) is 24.3 Å². The number of rotatable bonds is 4. The lowest BCUT2D eigenvalue weighted by Crippen LogP contribution is -2.05. The third-order valence-corrected chi connectivity index (χ3v) is 4.33. The van der Waals surface area contributed by atoms with Crippen LogP contribution in [-0.2, 0) is 0 Å². The molecule has 1 heterocycles. The van der Waals surface area contributed by atoms with E-state index in [-0.39, 0.29) is 11.4 Å². The number of nitro groups is 2. The molecule has 0 radical (unpaired) electrons. The van der Waals surface area contributed by atoms with E-state index in [2.05, 4.69) is 8.80 Å². The van der Waals surface area contributed by atoms with E-state index in [9.17, 15) is 20.2 Å². The number of non-ortho nitro benzene ring substituents is 2. The van der Waals surface area contributed by atoms with Gasteiger partial charge in [-0.05, 0) is 48.2 Å². The summed E-state index contributed by atoms with van der Waals surface area (Å²) >= 11 is 1.05. The van der Waals surface area contributed by atoms with Gasteiger partial charge in [-0.1, -0.05) is 0 Å². The van der Waals surface area contributed by atoms with Crippen molar-refractivity contribution in [2.45, 2.75) is 12.8 Å². The molecule has 9 heteroatoms. The molecule has 0 bridgehead atoms. The minimum Gasteiger partial charge on any atom is -0.258 e. The lowest BCUT2D eigenvalue weighted by molar-refractivity contribution is -0.385. The minimum atomic E-state index is -0.441. The van der Waals surface area contributed by atoms with Gasteiger partial charge in [-0.25, -0.2) is 0 Å². The molecule has 0 N–H and O–H groups in total. The van der Waals surface area contributed by atoms with Crippen LogP contribution in [0.5, 0.6) is 0 Å². The van der Waals surface area contributed by atoms with Gasteiger partial charge in [-0.3, -0.25) is 20.2 Å². The summed E-state index contributed by atoms with van der Waals surface area (Å²) in [5.41, 5.74) is 3.32. The minimum absolute atomic E-state index is 0.0356. The van der Waals surface area contributed by atoms with E-state index < -0.39 is 9.85 Å². The molecule has 0 saturated carbocycles. The summed E-state index contributed by atoms with van der Waals surface area (Å²) in [5.74, 6) is 0. The summed E-state index contributed by atoms with van der Waals surface area (Å²) in [4.78, 5) is 20.6. The zero-order valence-corrected chi connectivity index (χ0v) is 13.7. The first-order chi connectivity index (χ1) is 12.0. The van der Waals surface area contributed by atoms with Crippen LogP contribution >= 0.6 is 12.1 Å². The van der Waals surface area contributed by atoms with Crippen LogP contribution in [0, 0.1) is 20.2 Å². The highest BCUT2D eigenvalue weighted by molar-refractivity contribution is 7.97. The van der Waals surface area contributed by atoms with Crippen molar-refractivity contribution in [2.24, 2.45) is 8.80 Å². The third kappa shape index (κ3) is 3.89. The van der Waals surface area contributed by atoms with Crippen LogP contribution in [0.1, 0.15) is 24.0 Å². The second-order valence-corrected chi connectivity index (χ2v) is 5.79. The number of hydrogen-bond donors (Lipinski definition) is 0. The summed E-state index contributed by atoms with van der Waals surface area (Å²) in [6, 6.07) is 12.5. The Balaban J connectivity index is 1.72. The van der Waals surface area contributed by atoms with Gasteiger partial charge in [0.25, 0.3) is 11.4 Å². The zero-order chi connectivity index (χ0) is 17.8. The van der Waals surface area contributed by atoms with Gasteiger partial charge in [0.2, 0.25) is 0 Å². The van der Waals surface area contributed by atoms with E-state index in [1.165, 1.54) is 24.3 Å². The van der Waals surface area contributed by atoms with Crippen LogP contribution in [0.2, 0.25) is 0 Å². The number of hydrogen-bond acceptors (Lipinski definition) is 7. The molecule has 1 aliphatic heterocycles. The van der Waals surface area contributed by atoms with Gasteiger partial charge < -0.3 is 0 Å². The molecule has 8 nitrogen and oxygen atoms in total. The highest BCUT2D eigenvalue weighted by atomic mass is 32.2. The van der Waals surface area contributed by atoms with Crippen LogP contribution < -0.4 is 0 Å². The predicted molar refractivity (Wildman–Crippen MR) is 96.1 cm³/mol.